The molecule has 0 spiro atoms. The van der Waals surface area contributed by atoms with Crippen LogP contribution in [0.25, 0.3) is 5.69 Å². The van der Waals surface area contributed by atoms with Crippen molar-refractivity contribution in [3.8, 4) is 5.69 Å². The van der Waals surface area contributed by atoms with Gasteiger partial charge >= 0.3 is 0 Å². The lowest BCUT2D eigenvalue weighted by Crippen LogP contribution is -2.19. The Morgan fingerprint density at radius 1 is 1.44 bits per heavy atom. The summed E-state index contributed by atoms with van der Waals surface area (Å²) in [5, 5.41) is 15.6. The molecule has 0 aliphatic rings. The third-order valence-corrected chi connectivity index (χ3v) is 2.57. The summed E-state index contributed by atoms with van der Waals surface area (Å²) in [5.74, 6) is -0.321. The largest absolute Gasteiger partial charge is 0.396 e. The fourth-order valence-electron chi connectivity index (χ4n) is 1.57. The van der Waals surface area contributed by atoms with E-state index in [1.54, 1.807) is 30.5 Å². The van der Waals surface area contributed by atoms with Crippen LogP contribution in [0.5, 0.6) is 0 Å². The number of benzene rings is 1. The molecular weight excluding hydrogens is 232 g/mol. The monoisotopic (exact) mass is 246 g/mol. The molecule has 0 atom stereocenters. The Morgan fingerprint density at radius 2 is 2.11 bits per heavy atom. The zero-order chi connectivity index (χ0) is 13.1. The van der Waals surface area contributed by atoms with Crippen molar-refractivity contribution in [2.24, 2.45) is 0 Å². The number of aliphatic hydroxyl groups is 1. The SMILES string of the molecule is CNC(=O)c1nn(-c2ccc(CO)cc2)cc1N. The first-order chi connectivity index (χ1) is 8.65. The number of rotatable bonds is 3. The number of anilines is 1. The molecule has 6 nitrogen and oxygen atoms in total. The first kappa shape index (κ1) is 12.1. The molecule has 4 N–H and O–H groups in total. The molecule has 2 rings (SSSR count). The van der Waals surface area contributed by atoms with Crippen LogP contribution < -0.4 is 11.1 Å². The van der Waals surface area contributed by atoms with Crippen LogP contribution in [-0.2, 0) is 6.61 Å². The second-order valence-electron chi connectivity index (χ2n) is 3.78. The van der Waals surface area contributed by atoms with E-state index in [0.717, 1.165) is 11.3 Å². The number of amides is 1. The van der Waals surface area contributed by atoms with Crippen LogP contribution in [0, 0.1) is 0 Å². The average molecular weight is 246 g/mol. The topological polar surface area (TPSA) is 93.2 Å². The number of hydrogen-bond donors (Lipinski definition) is 3. The average Bonchev–Trinajstić information content (AvgIpc) is 2.80. The standard InChI is InChI=1S/C12H14N4O2/c1-14-12(18)11-10(13)6-16(15-11)9-4-2-8(7-17)3-5-9/h2-6,17H,7,13H2,1H3,(H,14,18). The molecule has 1 amide bonds. The molecule has 2 aromatic rings. The summed E-state index contributed by atoms with van der Waals surface area (Å²) >= 11 is 0. The second kappa shape index (κ2) is 4.89. The number of nitrogens with one attached hydrogen (secondary N) is 1. The molecule has 6 heteroatoms. The predicted octanol–water partition coefficient (Wildman–Crippen LogP) is 0.306. The number of nitrogens with two attached hydrogens (primary N) is 1. The highest BCUT2D eigenvalue weighted by atomic mass is 16.3. The molecule has 0 unspecified atom stereocenters. The summed E-state index contributed by atoms with van der Waals surface area (Å²) in [5.41, 5.74) is 7.83. The van der Waals surface area contributed by atoms with E-state index in [9.17, 15) is 4.79 Å². The van der Waals surface area contributed by atoms with Gasteiger partial charge in [-0.15, -0.1) is 0 Å². The smallest absolute Gasteiger partial charge is 0.273 e. The lowest BCUT2D eigenvalue weighted by atomic mass is 10.2. The summed E-state index contributed by atoms with van der Waals surface area (Å²) in [6, 6.07) is 7.16. The summed E-state index contributed by atoms with van der Waals surface area (Å²) in [6.45, 7) is -0.00891. The molecule has 94 valence electrons. The van der Waals surface area contributed by atoms with E-state index in [1.807, 2.05) is 0 Å². The predicted molar refractivity (Wildman–Crippen MR) is 67.3 cm³/mol. The Labute approximate surface area is 104 Å². The molecule has 0 bridgehead atoms. The fourth-order valence-corrected chi connectivity index (χ4v) is 1.57. The molecule has 0 radical (unpaired) electrons. The van der Waals surface area contributed by atoms with Gasteiger partial charge in [0, 0.05) is 7.05 Å². The quantitative estimate of drug-likeness (QED) is 0.726. The van der Waals surface area contributed by atoms with E-state index < -0.39 is 0 Å². The number of carbonyl (C=O) groups is 1. The molecule has 1 aromatic heterocycles. The van der Waals surface area contributed by atoms with Crippen molar-refractivity contribution < 1.29 is 9.90 Å². The molecule has 0 fully saturated rings. The van der Waals surface area contributed by atoms with Crippen molar-refractivity contribution >= 4 is 11.6 Å². The Morgan fingerprint density at radius 3 is 2.67 bits per heavy atom. The van der Waals surface area contributed by atoms with Gasteiger partial charge in [0.2, 0.25) is 0 Å². The zero-order valence-corrected chi connectivity index (χ0v) is 9.92. The highest BCUT2D eigenvalue weighted by molar-refractivity contribution is 5.96. The Balaban J connectivity index is 2.36. The number of aliphatic hydroxyl groups excluding tert-OH is 1. The molecule has 18 heavy (non-hydrogen) atoms. The van der Waals surface area contributed by atoms with Crippen LogP contribution in [0.3, 0.4) is 0 Å². The van der Waals surface area contributed by atoms with E-state index in [1.165, 1.54) is 11.7 Å². The molecule has 1 heterocycles. The molecule has 0 aliphatic carbocycles. The van der Waals surface area contributed by atoms with Gasteiger partial charge in [-0.05, 0) is 17.7 Å². The van der Waals surface area contributed by atoms with Gasteiger partial charge in [-0.2, -0.15) is 5.10 Å². The maximum atomic E-state index is 11.5. The third-order valence-electron chi connectivity index (χ3n) is 2.57. The van der Waals surface area contributed by atoms with Crippen molar-refractivity contribution in [3.63, 3.8) is 0 Å². The van der Waals surface area contributed by atoms with Crippen molar-refractivity contribution in [1.82, 2.24) is 15.1 Å². The highest BCUT2D eigenvalue weighted by Crippen LogP contribution is 2.14. The minimum atomic E-state index is -0.321. The van der Waals surface area contributed by atoms with Crippen molar-refractivity contribution in [2.45, 2.75) is 6.61 Å². The first-order valence-electron chi connectivity index (χ1n) is 5.43. The van der Waals surface area contributed by atoms with Gasteiger partial charge in [0.1, 0.15) is 0 Å². The first-order valence-corrected chi connectivity index (χ1v) is 5.43. The van der Waals surface area contributed by atoms with Crippen molar-refractivity contribution in [1.29, 1.82) is 0 Å². The van der Waals surface area contributed by atoms with Gasteiger partial charge in [0.15, 0.2) is 5.69 Å². The number of hydrogen-bond acceptors (Lipinski definition) is 4. The van der Waals surface area contributed by atoms with Crippen LogP contribution in [0.1, 0.15) is 16.1 Å². The van der Waals surface area contributed by atoms with E-state index in [0.29, 0.717) is 5.69 Å². The second-order valence-corrected chi connectivity index (χ2v) is 3.78. The highest BCUT2D eigenvalue weighted by Gasteiger charge is 2.13. The molecule has 0 aliphatic heterocycles. The van der Waals surface area contributed by atoms with Gasteiger partial charge in [-0.3, -0.25) is 4.79 Å². The zero-order valence-electron chi connectivity index (χ0n) is 9.92. The van der Waals surface area contributed by atoms with Crippen LogP contribution >= 0.6 is 0 Å². The number of nitrogen functional groups attached to an aromatic ring is 1. The Hall–Kier alpha value is -2.34. The fraction of sp³-hybridized carbons (Fsp3) is 0.167. The van der Waals surface area contributed by atoms with Gasteiger partial charge in [-0.25, -0.2) is 4.68 Å². The molecule has 1 aromatic carbocycles. The maximum Gasteiger partial charge on any atom is 0.273 e. The number of aromatic nitrogens is 2. The van der Waals surface area contributed by atoms with Crippen LogP contribution in [0.4, 0.5) is 5.69 Å². The van der Waals surface area contributed by atoms with Crippen molar-refractivity contribution in [2.75, 3.05) is 12.8 Å². The Bertz CT molecular complexity index is 560. The molecule has 0 saturated carbocycles. The van der Waals surface area contributed by atoms with Gasteiger partial charge < -0.3 is 16.2 Å². The lowest BCUT2D eigenvalue weighted by molar-refractivity contribution is 0.0958. The van der Waals surface area contributed by atoms with Crippen LogP contribution in [-0.4, -0.2) is 27.8 Å². The Kier molecular flexibility index (Phi) is 3.29. The summed E-state index contributed by atoms with van der Waals surface area (Å²) in [7, 11) is 1.52. The third kappa shape index (κ3) is 2.18. The lowest BCUT2D eigenvalue weighted by Gasteiger charge is -2.02. The summed E-state index contributed by atoms with van der Waals surface area (Å²) in [6.07, 6.45) is 1.58. The van der Waals surface area contributed by atoms with Gasteiger partial charge in [0.25, 0.3) is 5.91 Å². The van der Waals surface area contributed by atoms with E-state index in [2.05, 4.69) is 10.4 Å². The minimum Gasteiger partial charge on any atom is -0.396 e. The normalized spacial score (nSPS) is 10.3. The van der Waals surface area contributed by atoms with E-state index >= 15 is 0 Å². The van der Waals surface area contributed by atoms with Crippen molar-refractivity contribution in [3.05, 3.63) is 41.7 Å². The van der Waals surface area contributed by atoms with Gasteiger partial charge in [-0.1, -0.05) is 12.1 Å². The molecular formula is C12H14N4O2. The number of nitrogens with zero attached hydrogens (tertiary/aromatic N) is 2. The molecule has 0 saturated heterocycles. The summed E-state index contributed by atoms with van der Waals surface area (Å²) < 4.78 is 1.53. The van der Waals surface area contributed by atoms with E-state index in [-0.39, 0.29) is 18.2 Å². The van der Waals surface area contributed by atoms with E-state index in [4.69, 9.17) is 10.8 Å². The van der Waals surface area contributed by atoms with Crippen LogP contribution in [0.2, 0.25) is 0 Å². The van der Waals surface area contributed by atoms with Crippen LogP contribution in [0.15, 0.2) is 30.5 Å². The number of carbonyl (C=O) groups excluding carboxylic acids is 1. The maximum absolute atomic E-state index is 11.5. The van der Waals surface area contributed by atoms with Gasteiger partial charge in [0.05, 0.1) is 24.2 Å². The summed E-state index contributed by atoms with van der Waals surface area (Å²) in [4.78, 5) is 11.5. The minimum absolute atomic E-state index is 0.00891.